The molecule has 0 bridgehead atoms. The van der Waals surface area contributed by atoms with Crippen molar-refractivity contribution in [3.8, 4) is 0 Å². The molecule has 1 aliphatic rings. The fourth-order valence-electron chi connectivity index (χ4n) is 2.30. The number of hydrogen-bond donors (Lipinski definition) is 2. The molecule has 0 spiro atoms. The van der Waals surface area contributed by atoms with Crippen LogP contribution in [0.4, 0.5) is 5.69 Å². The Kier molecular flexibility index (Phi) is 4.10. The fraction of sp³-hybridized carbons (Fsp3) is 0.500. The molecule has 0 amide bonds. The Hall–Kier alpha value is -1.15. The van der Waals surface area contributed by atoms with E-state index in [2.05, 4.69) is 10.3 Å². The second-order valence-corrected chi connectivity index (χ2v) is 6.82. The minimum atomic E-state index is -3.48. The third-order valence-corrected chi connectivity index (χ3v) is 5.44. The van der Waals surface area contributed by atoms with Gasteiger partial charge in [-0.25, -0.2) is 8.42 Å². The SMILES string of the molecule is CN(C)C1CCN(S(=O)(=O)c2ccccc2NN)C1. The number of hydrogen-bond acceptors (Lipinski definition) is 5. The molecule has 1 unspecified atom stereocenters. The first-order valence-corrected chi connectivity index (χ1v) is 7.63. The van der Waals surface area contributed by atoms with Gasteiger partial charge in [-0.05, 0) is 32.6 Å². The molecule has 1 saturated heterocycles. The first-order valence-electron chi connectivity index (χ1n) is 6.19. The van der Waals surface area contributed by atoms with Crippen LogP contribution in [0.1, 0.15) is 6.42 Å². The molecule has 7 heteroatoms. The summed E-state index contributed by atoms with van der Waals surface area (Å²) in [5.74, 6) is 5.38. The van der Waals surface area contributed by atoms with Crippen LogP contribution in [0, 0.1) is 0 Å². The molecule has 0 radical (unpaired) electrons. The van der Waals surface area contributed by atoms with E-state index in [1.165, 1.54) is 4.31 Å². The number of hydrazine groups is 1. The second-order valence-electron chi connectivity index (χ2n) is 4.91. The molecular weight excluding hydrogens is 264 g/mol. The maximum Gasteiger partial charge on any atom is 0.245 e. The Morgan fingerprint density at radius 3 is 2.63 bits per heavy atom. The van der Waals surface area contributed by atoms with Crippen LogP contribution < -0.4 is 11.3 Å². The number of nitrogens with zero attached hydrogens (tertiary/aromatic N) is 2. The topological polar surface area (TPSA) is 78.7 Å². The van der Waals surface area contributed by atoms with Gasteiger partial charge in [0, 0.05) is 19.1 Å². The number of nitrogen functional groups attached to an aromatic ring is 1. The molecule has 1 aromatic carbocycles. The van der Waals surface area contributed by atoms with Gasteiger partial charge in [-0.1, -0.05) is 12.1 Å². The van der Waals surface area contributed by atoms with E-state index >= 15 is 0 Å². The van der Waals surface area contributed by atoms with Crippen molar-refractivity contribution in [3.05, 3.63) is 24.3 Å². The maximum absolute atomic E-state index is 12.6. The third-order valence-electron chi connectivity index (χ3n) is 3.52. The fourth-order valence-corrected chi connectivity index (χ4v) is 3.95. The summed E-state index contributed by atoms with van der Waals surface area (Å²) < 4.78 is 26.7. The molecule has 1 aromatic rings. The van der Waals surface area contributed by atoms with Crippen molar-refractivity contribution in [2.75, 3.05) is 32.6 Å². The molecule has 106 valence electrons. The smallest absolute Gasteiger partial charge is 0.245 e. The van der Waals surface area contributed by atoms with Gasteiger partial charge < -0.3 is 10.3 Å². The Morgan fingerprint density at radius 2 is 2.05 bits per heavy atom. The standard InChI is InChI=1S/C12H20N4O2S/c1-15(2)10-7-8-16(9-10)19(17,18)12-6-4-3-5-11(12)14-13/h3-6,10,14H,7-9,13H2,1-2H3. The monoisotopic (exact) mass is 284 g/mol. The highest BCUT2D eigenvalue weighted by molar-refractivity contribution is 7.89. The van der Waals surface area contributed by atoms with Gasteiger partial charge in [0.1, 0.15) is 4.90 Å². The minimum absolute atomic E-state index is 0.233. The number of likely N-dealkylation sites (N-methyl/N-ethyl adjacent to an activating group) is 1. The van der Waals surface area contributed by atoms with Gasteiger partial charge in [0.25, 0.3) is 0 Å². The van der Waals surface area contributed by atoms with Crippen molar-refractivity contribution < 1.29 is 8.42 Å². The largest absolute Gasteiger partial charge is 0.323 e. The number of sulfonamides is 1. The molecule has 2 rings (SSSR count). The van der Waals surface area contributed by atoms with Crippen LogP contribution in [0.5, 0.6) is 0 Å². The van der Waals surface area contributed by atoms with Crippen LogP contribution in [0.2, 0.25) is 0 Å². The minimum Gasteiger partial charge on any atom is -0.323 e. The number of benzene rings is 1. The van der Waals surface area contributed by atoms with E-state index in [0.717, 1.165) is 6.42 Å². The van der Waals surface area contributed by atoms with Crippen LogP contribution in [0.25, 0.3) is 0 Å². The molecule has 1 fully saturated rings. The van der Waals surface area contributed by atoms with E-state index in [9.17, 15) is 8.42 Å². The zero-order valence-electron chi connectivity index (χ0n) is 11.2. The summed E-state index contributed by atoms with van der Waals surface area (Å²) in [6.45, 7) is 1.07. The normalized spacial score (nSPS) is 20.9. The van der Waals surface area contributed by atoms with Gasteiger partial charge >= 0.3 is 0 Å². The van der Waals surface area contributed by atoms with Crippen LogP contribution >= 0.6 is 0 Å². The average Bonchev–Trinajstić information content (AvgIpc) is 2.89. The number of para-hydroxylation sites is 1. The van der Waals surface area contributed by atoms with E-state index in [4.69, 9.17) is 5.84 Å². The van der Waals surface area contributed by atoms with Gasteiger partial charge in [-0.15, -0.1) is 0 Å². The molecular formula is C12H20N4O2S. The Morgan fingerprint density at radius 1 is 1.37 bits per heavy atom. The highest BCUT2D eigenvalue weighted by Gasteiger charge is 2.34. The lowest BCUT2D eigenvalue weighted by atomic mass is 10.2. The first kappa shape index (κ1) is 14.3. The zero-order chi connectivity index (χ0) is 14.0. The molecule has 1 aliphatic heterocycles. The Labute approximate surface area is 114 Å². The lowest BCUT2D eigenvalue weighted by Gasteiger charge is -2.21. The summed E-state index contributed by atoms with van der Waals surface area (Å²) in [7, 11) is 0.453. The highest BCUT2D eigenvalue weighted by atomic mass is 32.2. The molecule has 1 heterocycles. The Balaban J connectivity index is 2.29. The van der Waals surface area contributed by atoms with Gasteiger partial charge in [-0.2, -0.15) is 4.31 Å². The summed E-state index contributed by atoms with van der Waals surface area (Å²) >= 11 is 0. The molecule has 0 aromatic heterocycles. The van der Waals surface area contributed by atoms with Crippen molar-refractivity contribution in [3.63, 3.8) is 0 Å². The van der Waals surface area contributed by atoms with E-state index in [0.29, 0.717) is 18.8 Å². The van der Waals surface area contributed by atoms with E-state index in [1.54, 1.807) is 24.3 Å². The van der Waals surface area contributed by atoms with Crippen molar-refractivity contribution in [2.45, 2.75) is 17.4 Å². The third kappa shape index (κ3) is 2.74. The van der Waals surface area contributed by atoms with E-state index < -0.39 is 10.0 Å². The van der Waals surface area contributed by atoms with Gasteiger partial charge in [0.15, 0.2) is 0 Å². The lowest BCUT2D eigenvalue weighted by molar-refractivity contribution is 0.302. The zero-order valence-corrected chi connectivity index (χ0v) is 12.0. The van der Waals surface area contributed by atoms with Gasteiger partial charge in [0.2, 0.25) is 10.0 Å². The number of anilines is 1. The first-order chi connectivity index (χ1) is 8.96. The van der Waals surface area contributed by atoms with E-state index in [1.807, 2.05) is 14.1 Å². The quantitative estimate of drug-likeness (QED) is 0.614. The molecule has 1 atom stereocenters. The van der Waals surface area contributed by atoms with Crippen molar-refractivity contribution >= 4 is 15.7 Å². The maximum atomic E-state index is 12.6. The molecule has 19 heavy (non-hydrogen) atoms. The van der Waals surface area contributed by atoms with Crippen LogP contribution in [-0.2, 0) is 10.0 Å². The van der Waals surface area contributed by atoms with Crippen LogP contribution in [0.3, 0.4) is 0 Å². The predicted octanol–water partition coefficient (Wildman–Crippen LogP) is 0.297. The van der Waals surface area contributed by atoms with Gasteiger partial charge in [0.05, 0.1) is 5.69 Å². The number of nitrogens with one attached hydrogen (secondary N) is 1. The lowest BCUT2D eigenvalue weighted by Crippen LogP contribution is -2.34. The molecule has 6 nitrogen and oxygen atoms in total. The predicted molar refractivity (Wildman–Crippen MR) is 75.1 cm³/mol. The second kappa shape index (κ2) is 5.46. The summed E-state index contributed by atoms with van der Waals surface area (Å²) in [4.78, 5) is 2.29. The summed E-state index contributed by atoms with van der Waals surface area (Å²) in [5, 5.41) is 0. The van der Waals surface area contributed by atoms with Crippen molar-refractivity contribution in [1.29, 1.82) is 0 Å². The Bertz CT molecular complexity index is 544. The summed E-state index contributed by atoms with van der Waals surface area (Å²) in [6, 6.07) is 6.96. The van der Waals surface area contributed by atoms with Gasteiger partial charge in [-0.3, -0.25) is 5.84 Å². The summed E-state index contributed by atoms with van der Waals surface area (Å²) in [5.41, 5.74) is 2.87. The van der Waals surface area contributed by atoms with E-state index in [-0.39, 0.29) is 10.9 Å². The van der Waals surface area contributed by atoms with Crippen LogP contribution in [-0.4, -0.2) is 50.8 Å². The van der Waals surface area contributed by atoms with Crippen LogP contribution in [0.15, 0.2) is 29.2 Å². The highest BCUT2D eigenvalue weighted by Crippen LogP contribution is 2.27. The number of nitrogens with two attached hydrogens (primary N) is 1. The molecule has 0 aliphatic carbocycles. The summed E-state index contributed by atoms with van der Waals surface area (Å²) in [6.07, 6.45) is 0.852. The molecule has 0 saturated carbocycles. The van der Waals surface area contributed by atoms with Crippen molar-refractivity contribution in [2.24, 2.45) is 5.84 Å². The van der Waals surface area contributed by atoms with Crippen molar-refractivity contribution in [1.82, 2.24) is 9.21 Å². The average molecular weight is 284 g/mol. The molecule has 3 N–H and O–H groups in total. The number of rotatable bonds is 4.